The van der Waals surface area contributed by atoms with Crippen LogP contribution in [0.4, 0.5) is 0 Å². The number of nitrogens with zero attached hydrogens (tertiary/aromatic N) is 1. The van der Waals surface area contributed by atoms with E-state index in [4.69, 9.17) is 0 Å². The molecule has 0 aromatic heterocycles. The highest BCUT2D eigenvalue weighted by Crippen LogP contribution is 2.34. The Kier molecular flexibility index (Phi) is 5.87. The third-order valence-corrected chi connectivity index (χ3v) is 4.61. The van der Waals surface area contributed by atoms with Crippen molar-refractivity contribution >= 4 is 11.8 Å². The summed E-state index contributed by atoms with van der Waals surface area (Å²) in [6.45, 7) is 0. The van der Waals surface area contributed by atoms with Gasteiger partial charge in [0, 0.05) is 19.7 Å². The lowest BCUT2D eigenvalue weighted by atomic mass is 9.84. The first-order valence-corrected chi connectivity index (χ1v) is 8.93. The molecule has 1 unspecified atom stereocenters. The smallest absolute Gasteiger partial charge is 0.255 e. The highest BCUT2D eigenvalue weighted by atomic mass is 16.5. The number of carbonyl (C=O) groups is 2. The molecule has 0 saturated heterocycles. The fourth-order valence-electron chi connectivity index (χ4n) is 3.26. The van der Waals surface area contributed by atoms with Crippen LogP contribution in [0.1, 0.15) is 27.4 Å². The van der Waals surface area contributed by atoms with Gasteiger partial charge in [0.1, 0.15) is 0 Å². The molecule has 5 heteroatoms. The van der Waals surface area contributed by atoms with Crippen molar-refractivity contribution in [3.05, 3.63) is 95.6 Å². The molecule has 0 radical (unpaired) electrons. The molecule has 0 spiro atoms. The summed E-state index contributed by atoms with van der Waals surface area (Å²) in [5.41, 5.74) is 5.38. The van der Waals surface area contributed by atoms with Crippen LogP contribution >= 0.6 is 0 Å². The maximum Gasteiger partial charge on any atom is 0.255 e. The summed E-state index contributed by atoms with van der Waals surface area (Å²) in [5.74, 6) is -1.48. The Hall–Kier alpha value is -3.44. The molecular weight excluding hydrogens is 352 g/mol. The molecular formula is C23H22N2O3. The fourth-order valence-corrected chi connectivity index (χ4v) is 3.26. The number of rotatable bonds is 5. The molecule has 142 valence electrons. The van der Waals surface area contributed by atoms with E-state index in [1.807, 2.05) is 66.7 Å². The lowest BCUT2D eigenvalue weighted by Crippen LogP contribution is -2.28. The molecule has 1 atom stereocenters. The highest BCUT2D eigenvalue weighted by molar-refractivity contribution is 5.96. The number of nitrogens with one attached hydrogen (secondary N) is 1. The van der Waals surface area contributed by atoms with Crippen molar-refractivity contribution in [2.45, 2.75) is 5.92 Å². The van der Waals surface area contributed by atoms with Crippen molar-refractivity contribution < 1.29 is 14.8 Å². The van der Waals surface area contributed by atoms with E-state index in [1.165, 1.54) is 4.90 Å². The van der Waals surface area contributed by atoms with Gasteiger partial charge in [-0.25, -0.2) is 5.48 Å². The summed E-state index contributed by atoms with van der Waals surface area (Å²) in [4.78, 5) is 26.7. The molecule has 3 rings (SSSR count). The second kappa shape index (κ2) is 8.50. The zero-order chi connectivity index (χ0) is 20.1. The summed E-state index contributed by atoms with van der Waals surface area (Å²) in [6.07, 6.45) is 0. The number of carbonyl (C=O) groups excluding carboxylic acids is 2. The van der Waals surface area contributed by atoms with Crippen LogP contribution in [0.5, 0.6) is 0 Å². The quantitative estimate of drug-likeness (QED) is 0.529. The van der Waals surface area contributed by atoms with E-state index in [1.54, 1.807) is 31.7 Å². The predicted molar refractivity (Wildman–Crippen MR) is 108 cm³/mol. The Morgan fingerprint density at radius 1 is 0.893 bits per heavy atom. The third-order valence-electron chi connectivity index (χ3n) is 4.61. The minimum atomic E-state index is -0.767. The van der Waals surface area contributed by atoms with Crippen LogP contribution in [-0.4, -0.2) is 36.0 Å². The Balaban J connectivity index is 2.25. The number of hydroxylamine groups is 1. The van der Waals surface area contributed by atoms with Gasteiger partial charge >= 0.3 is 0 Å². The van der Waals surface area contributed by atoms with Gasteiger partial charge in [0.25, 0.3) is 11.8 Å². The second-order valence-electron chi connectivity index (χ2n) is 6.69. The van der Waals surface area contributed by atoms with Crippen molar-refractivity contribution in [2.24, 2.45) is 0 Å². The summed E-state index contributed by atoms with van der Waals surface area (Å²) in [5, 5.41) is 9.38. The Bertz CT molecular complexity index is 970. The average molecular weight is 374 g/mol. The van der Waals surface area contributed by atoms with Gasteiger partial charge in [-0.15, -0.1) is 0 Å². The lowest BCUT2D eigenvalue weighted by molar-refractivity contribution is -0.129. The highest BCUT2D eigenvalue weighted by Gasteiger charge is 2.26. The maximum absolute atomic E-state index is 12.7. The fraction of sp³-hybridized carbons (Fsp3) is 0.130. The summed E-state index contributed by atoms with van der Waals surface area (Å²) < 4.78 is 0. The van der Waals surface area contributed by atoms with E-state index in [-0.39, 0.29) is 5.91 Å². The molecule has 3 aromatic rings. The molecule has 28 heavy (non-hydrogen) atoms. The van der Waals surface area contributed by atoms with Crippen molar-refractivity contribution in [2.75, 3.05) is 14.1 Å². The molecule has 2 N–H and O–H groups in total. The molecule has 0 heterocycles. The van der Waals surface area contributed by atoms with E-state index in [0.717, 1.165) is 16.7 Å². The third kappa shape index (κ3) is 3.94. The van der Waals surface area contributed by atoms with Gasteiger partial charge in [0.15, 0.2) is 0 Å². The zero-order valence-corrected chi connectivity index (χ0v) is 15.8. The van der Waals surface area contributed by atoms with Crippen LogP contribution in [0.15, 0.2) is 78.9 Å². The van der Waals surface area contributed by atoms with Crippen LogP contribution < -0.4 is 5.48 Å². The van der Waals surface area contributed by atoms with Gasteiger partial charge in [-0.3, -0.25) is 14.8 Å². The normalized spacial score (nSPS) is 11.5. The zero-order valence-electron chi connectivity index (χ0n) is 15.8. The van der Waals surface area contributed by atoms with Crippen LogP contribution in [0.25, 0.3) is 11.1 Å². The Morgan fingerprint density at radius 2 is 1.50 bits per heavy atom. The van der Waals surface area contributed by atoms with E-state index < -0.39 is 11.8 Å². The first-order chi connectivity index (χ1) is 13.5. The van der Waals surface area contributed by atoms with Crippen LogP contribution in [-0.2, 0) is 4.79 Å². The summed E-state index contributed by atoms with van der Waals surface area (Å²) in [6, 6.07) is 24.2. The molecule has 0 aliphatic heterocycles. The van der Waals surface area contributed by atoms with Crippen molar-refractivity contribution in [3.63, 3.8) is 0 Å². The molecule has 0 aliphatic rings. The van der Waals surface area contributed by atoms with Crippen LogP contribution in [0.3, 0.4) is 0 Å². The Labute approximate surface area is 164 Å². The van der Waals surface area contributed by atoms with Crippen molar-refractivity contribution in [1.82, 2.24) is 10.4 Å². The Morgan fingerprint density at radius 3 is 2.07 bits per heavy atom. The first kappa shape index (κ1) is 19.3. The molecule has 3 aromatic carbocycles. The SMILES string of the molecule is CN(C)C(=O)c1ccc(-c2ccccc2)c(C(C(=O)NO)c2ccccc2)c1. The predicted octanol–water partition coefficient (Wildman–Crippen LogP) is 3.69. The second-order valence-corrected chi connectivity index (χ2v) is 6.69. The number of hydrogen-bond donors (Lipinski definition) is 2. The lowest BCUT2D eigenvalue weighted by Gasteiger charge is -2.21. The largest absolute Gasteiger partial charge is 0.345 e. The van der Waals surface area contributed by atoms with Gasteiger partial charge in [0.05, 0.1) is 5.92 Å². The molecule has 0 aliphatic carbocycles. The minimum absolute atomic E-state index is 0.155. The van der Waals surface area contributed by atoms with E-state index >= 15 is 0 Å². The molecule has 0 saturated carbocycles. The van der Waals surface area contributed by atoms with Crippen molar-refractivity contribution in [1.29, 1.82) is 0 Å². The van der Waals surface area contributed by atoms with Gasteiger partial charge in [-0.1, -0.05) is 66.7 Å². The van der Waals surface area contributed by atoms with Crippen LogP contribution in [0, 0.1) is 0 Å². The van der Waals surface area contributed by atoms with Gasteiger partial charge in [-0.05, 0) is 34.4 Å². The van der Waals surface area contributed by atoms with Gasteiger partial charge in [-0.2, -0.15) is 0 Å². The molecule has 0 fully saturated rings. The average Bonchev–Trinajstić information content (AvgIpc) is 2.74. The monoisotopic (exact) mass is 374 g/mol. The molecule has 2 amide bonds. The summed E-state index contributed by atoms with van der Waals surface area (Å²) in [7, 11) is 3.37. The van der Waals surface area contributed by atoms with Crippen LogP contribution in [0.2, 0.25) is 0 Å². The van der Waals surface area contributed by atoms with Crippen molar-refractivity contribution in [3.8, 4) is 11.1 Å². The topological polar surface area (TPSA) is 69.6 Å². The van der Waals surface area contributed by atoms with Gasteiger partial charge < -0.3 is 4.90 Å². The van der Waals surface area contributed by atoms with E-state index in [2.05, 4.69) is 0 Å². The first-order valence-electron chi connectivity index (χ1n) is 8.93. The molecule has 5 nitrogen and oxygen atoms in total. The van der Waals surface area contributed by atoms with E-state index in [9.17, 15) is 14.8 Å². The summed E-state index contributed by atoms with van der Waals surface area (Å²) >= 11 is 0. The number of benzene rings is 3. The number of hydrogen-bond acceptors (Lipinski definition) is 3. The number of amides is 2. The minimum Gasteiger partial charge on any atom is -0.345 e. The standard InChI is InChI=1S/C23H22N2O3/c1-25(2)23(27)18-13-14-19(16-9-5-3-6-10-16)20(15-18)21(22(26)24-28)17-11-7-4-8-12-17/h3-15,21,28H,1-2H3,(H,24,26). The van der Waals surface area contributed by atoms with Gasteiger partial charge in [0.2, 0.25) is 0 Å². The molecule has 0 bridgehead atoms. The van der Waals surface area contributed by atoms with E-state index in [0.29, 0.717) is 11.1 Å². The maximum atomic E-state index is 12.7.